The van der Waals surface area contributed by atoms with E-state index >= 15 is 0 Å². The Bertz CT molecular complexity index is 956. The minimum absolute atomic E-state index is 0.0419. The van der Waals surface area contributed by atoms with Crippen LogP contribution in [0, 0.1) is 0 Å². The van der Waals surface area contributed by atoms with Crippen molar-refractivity contribution < 1.29 is 23.8 Å². The SMILES string of the molecule is CCCCC/C=C\C/C=C\CCCCCCCC(=O)O[C@@H](COCc1ccccc1)COC(=O)CCCCCCCCCCCCCCCCC. The molecule has 0 radical (unpaired) electrons. The van der Waals surface area contributed by atoms with Crippen LogP contribution in [0.3, 0.4) is 0 Å². The second kappa shape index (κ2) is 37.4. The molecule has 0 N–H and O–H groups in total. The maximum absolute atomic E-state index is 12.7. The highest BCUT2D eigenvalue weighted by atomic mass is 16.6. The topological polar surface area (TPSA) is 61.8 Å². The highest BCUT2D eigenvalue weighted by molar-refractivity contribution is 5.70. The van der Waals surface area contributed by atoms with Crippen LogP contribution >= 0.6 is 0 Å². The van der Waals surface area contributed by atoms with Gasteiger partial charge in [-0.2, -0.15) is 0 Å². The van der Waals surface area contributed by atoms with Crippen molar-refractivity contribution in [2.75, 3.05) is 13.2 Å². The molecule has 0 saturated heterocycles. The van der Waals surface area contributed by atoms with E-state index in [9.17, 15) is 9.59 Å². The number of ether oxygens (including phenoxy) is 3. The minimum Gasteiger partial charge on any atom is -0.462 e. The summed E-state index contributed by atoms with van der Waals surface area (Å²) in [5, 5.41) is 0. The van der Waals surface area contributed by atoms with Crippen molar-refractivity contribution in [2.45, 2.75) is 206 Å². The van der Waals surface area contributed by atoms with Gasteiger partial charge in [0.1, 0.15) is 6.61 Å². The molecular formula is C46H78O5. The maximum atomic E-state index is 12.7. The van der Waals surface area contributed by atoms with Crippen LogP contribution < -0.4 is 0 Å². The molecule has 0 unspecified atom stereocenters. The number of rotatable bonds is 37. The van der Waals surface area contributed by atoms with Crippen LogP contribution in [0.1, 0.15) is 199 Å². The lowest BCUT2D eigenvalue weighted by molar-refractivity contribution is -0.163. The lowest BCUT2D eigenvalue weighted by Gasteiger charge is -2.18. The van der Waals surface area contributed by atoms with Crippen LogP contribution in [0.5, 0.6) is 0 Å². The quantitative estimate of drug-likeness (QED) is 0.0391. The van der Waals surface area contributed by atoms with E-state index < -0.39 is 6.10 Å². The summed E-state index contributed by atoms with van der Waals surface area (Å²) in [5.74, 6) is -0.463. The zero-order valence-corrected chi connectivity index (χ0v) is 33.2. The van der Waals surface area contributed by atoms with Gasteiger partial charge >= 0.3 is 11.9 Å². The lowest BCUT2D eigenvalue weighted by atomic mass is 10.0. The number of allylic oxidation sites excluding steroid dienone is 4. The minimum atomic E-state index is -0.593. The summed E-state index contributed by atoms with van der Waals surface area (Å²) in [4.78, 5) is 25.1. The first-order valence-electron chi connectivity index (χ1n) is 21.4. The number of carbonyl (C=O) groups is 2. The molecule has 1 aromatic rings. The van der Waals surface area contributed by atoms with Crippen LogP contribution in [0.25, 0.3) is 0 Å². The van der Waals surface area contributed by atoms with Crippen molar-refractivity contribution in [3.05, 3.63) is 60.2 Å². The Morgan fingerprint density at radius 1 is 0.529 bits per heavy atom. The van der Waals surface area contributed by atoms with Crippen molar-refractivity contribution in [3.8, 4) is 0 Å². The molecule has 0 amide bonds. The monoisotopic (exact) mass is 711 g/mol. The third-order valence-corrected chi connectivity index (χ3v) is 9.46. The number of benzene rings is 1. The Morgan fingerprint density at radius 2 is 0.980 bits per heavy atom. The zero-order valence-electron chi connectivity index (χ0n) is 33.2. The normalized spacial score (nSPS) is 12.2. The smallest absolute Gasteiger partial charge is 0.306 e. The maximum Gasteiger partial charge on any atom is 0.306 e. The fourth-order valence-corrected chi connectivity index (χ4v) is 6.22. The number of esters is 2. The van der Waals surface area contributed by atoms with E-state index in [1.54, 1.807) is 0 Å². The molecule has 0 aliphatic heterocycles. The standard InChI is InChI=1S/C46H78O5/c1-3-5-7-9-11-13-15-17-19-21-23-25-27-29-34-38-45(47)50-42-44(41-49-40-43-36-32-31-33-37-43)51-46(48)39-35-30-28-26-24-22-20-18-16-14-12-10-8-6-4-2/h12,14,18,20,31-33,36-37,44H,3-11,13,15-17,19,21-30,34-35,38-42H2,1-2H3/b14-12-,20-18-/t44-/m0/s1. The van der Waals surface area contributed by atoms with Crippen LogP contribution in [-0.4, -0.2) is 31.3 Å². The van der Waals surface area contributed by atoms with E-state index in [2.05, 4.69) is 38.2 Å². The van der Waals surface area contributed by atoms with Crippen molar-refractivity contribution in [1.29, 1.82) is 0 Å². The Labute approximate surface area is 314 Å². The molecule has 0 aliphatic carbocycles. The van der Waals surface area contributed by atoms with Gasteiger partial charge in [-0.05, 0) is 50.5 Å². The molecule has 0 fully saturated rings. The third-order valence-electron chi connectivity index (χ3n) is 9.46. The molecule has 5 heteroatoms. The summed E-state index contributed by atoms with van der Waals surface area (Å²) in [6.45, 7) is 5.19. The fourth-order valence-electron chi connectivity index (χ4n) is 6.22. The van der Waals surface area contributed by atoms with E-state index in [0.717, 1.165) is 50.5 Å². The average Bonchev–Trinajstić information content (AvgIpc) is 3.14. The average molecular weight is 711 g/mol. The highest BCUT2D eigenvalue weighted by Gasteiger charge is 2.17. The first-order valence-corrected chi connectivity index (χ1v) is 21.4. The van der Waals surface area contributed by atoms with Gasteiger partial charge in [0.2, 0.25) is 0 Å². The molecule has 0 aliphatic rings. The number of carbonyl (C=O) groups excluding carboxylic acids is 2. The molecule has 0 saturated carbocycles. The lowest BCUT2D eigenvalue weighted by Crippen LogP contribution is -2.29. The van der Waals surface area contributed by atoms with Gasteiger partial charge in [0.25, 0.3) is 0 Å². The highest BCUT2D eigenvalue weighted by Crippen LogP contribution is 2.15. The second-order valence-corrected chi connectivity index (χ2v) is 14.5. The molecule has 1 aromatic carbocycles. The summed E-state index contributed by atoms with van der Waals surface area (Å²) in [6.07, 6.45) is 41.3. The summed E-state index contributed by atoms with van der Waals surface area (Å²) in [6, 6.07) is 9.92. The van der Waals surface area contributed by atoms with Crippen molar-refractivity contribution in [1.82, 2.24) is 0 Å². The Morgan fingerprint density at radius 3 is 1.53 bits per heavy atom. The number of hydrogen-bond acceptors (Lipinski definition) is 5. The number of unbranched alkanes of at least 4 members (excludes halogenated alkanes) is 22. The van der Waals surface area contributed by atoms with E-state index in [4.69, 9.17) is 14.2 Å². The van der Waals surface area contributed by atoms with Gasteiger partial charge in [0.05, 0.1) is 13.2 Å². The molecule has 5 nitrogen and oxygen atoms in total. The molecule has 0 spiro atoms. The predicted octanol–water partition coefficient (Wildman–Crippen LogP) is 13.7. The zero-order chi connectivity index (χ0) is 36.7. The largest absolute Gasteiger partial charge is 0.462 e. The van der Waals surface area contributed by atoms with Crippen LogP contribution in [0.4, 0.5) is 0 Å². The van der Waals surface area contributed by atoms with Gasteiger partial charge in [0, 0.05) is 12.8 Å². The van der Waals surface area contributed by atoms with Gasteiger partial charge in [-0.25, -0.2) is 0 Å². The summed E-state index contributed by atoms with van der Waals surface area (Å²) >= 11 is 0. The van der Waals surface area contributed by atoms with Crippen LogP contribution in [0.2, 0.25) is 0 Å². The first kappa shape index (κ1) is 46.6. The molecule has 0 aromatic heterocycles. The van der Waals surface area contributed by atoms with Gasteiger partial charge in [-0.3, -0.25) is 9.59 Å². The van der Waals surface area contributed by atoms with Crippen molar-refractivity contribution in [3.63, 3.8) is 0 Å². The Kier molecular flexibility index (Phi) is 34.2. The van der Waals surface area contributed by atoms with Crippen molar-refractivity contribution >= 4 is 11.9 Å². The van der Waals surface area contributed by atoms with Crippen molar-refractivity contribution in [2.24, 2.45) is 0 Å². The van der Waals surface area contributed by atoms with E-state index in [1.165, 1.54) is 122 Å². The Balaban J connectivity index is 2.17. The van der Waals surface area contributed by atoms with Crippen LogP contribution in [-0.2, 0) is 30.4 Å². The van der Waals surface area contributed by atoms with Crippen LogP contribution in [0.15, 0.2) is 54.6 Å². The molecule has 51 heavy (non-hydrogen) atoms. The van der Waals surface area contributed by atoms with E-state index in [0.29, 0.717) is 19.4 Å². The molecule has 1 atom stereocenters. The molecule has 1 rings (SSSR count). The van der Waals surface area contributed by atoms with Gasteiger partial charge in [0.15, 0.2) is 6.10 Å². The Hall–Kier alpha value is -2.40. The molecule has 0 heterocycles. The predicted molar refractivity (Wildman–Crippen MR) is 216 cm³/mol. The molecular weight excluding hydrogens is 633 g/mol. The molecule has 292 valence electrons. The third kappa shape index (κ3) is 33.2. The van der Waals surface area contributed by atoms with Gasteiger partial charge in [-0.1, -0.05) is 190 Å². The first-order chi connectivity index (χ1) is 25.2. The van der Waals surface area contributed by atoms with E-state index in [1.807, 2.05) is 30.3 Å². The van der Waals surface area contributed by atoms with Gasteiger partial charge < -0.3 is 14.2 Å². The molecule has 0 bridgehead atoms. The summed E-state index contributed by atoms with van der Waals surface area (Å²) < 4.78 is 17.1. The second-order valence-electron chi connectivity index (χ2n) is 14.5. The fraction of sp³-hybridized carbons (Fsp3) is 0.739. The summed E-state index contributed by atoms with van der Waals surface area (Å²) in [5.41, 5.74) is 1.05. The summed E-state index contributed by atoms with van der Waals surface area (Å²) in [7, 11) is 0. The number of hydrogen-bond donors (Lipinski definition) is 0. The van der Waals surface area contributed by atoms with Gasteiger partial charge in [-0.15, -0.1) is 0 Å². The van der Waals surface area contributed by atoms with E-state index in [-0.39, 0.29) is 25.2 Å².